The molecule has 1 aliphatic rings. The van der Waals surface area contributed by atoms with Crippen LogP contribution < -0.4 is 4.90 Å². The lowest BCUT2D eigenvalue weighted by molar-refractivity contribution is 0.0713. The number of amides is 1. The highest BCUT2D eigenvalue weighted by molar-refractivity contribution is 5.94. The second kappa shape index (κ2) is 6.56. The van der Waals surface area contributed by atoms with Crippen molar-refractivity contribution in [3.05, 3.63) is 54.5 Å². The molecule has 2 aromatic heterocycles. The Hall–Kier alpha value is -2.43. The van der Waals surface area contributed by atoms with Crippen LogP contribution in [-0.4, -0.2) is 47.0 Å². The molecule has 0 aromatic carbocycles. The number of rotatable bonds is 3. The first kappa shape index (κ1) is 14.5. The van der Waals surface area contributed by atoms with Gasteiger partial charge < -0.3 is 9.80 Å². The molecule has 1 saturated heterocycles. The Bertz CT molecular complexity index is 609. The van der Waals surface area contributed by atoms with Crippen LogP contribution >= 0.6 is 0 Å². The van der Waals surface area contributed by atoms with Crippen molar-refractivity contribution < 1.29 is 4.79 Å². The average molecular weight is 296 g/mol. The number of piperidine rings is 1. The van der Waals surface area contributed by atoms with Gasteiger partial charge in [0.15, 0.2) is 0 Å². The van der Waals surface area contributed by atoms with Gasteiger partial charge in [0, 0.05) is 50.3 Å². The quantitative estimate of drug-likeness (QED) is 0.871. The minimum atomic E-state index is 0.0985. The van der Waals surface area contributed by atoms with E-state index in [4.69, 9.17) is 0 Å². The van der Waals surface area contributed by atoms with E-state index in [1.54, 1.807) is 24.5 Å². The summed E-state index contributed by atoms with van der Waals surface area (Å²) in [6, 6.07) is 9.92. The molecule has 1 fully saturated rings. The van der Waals surface area contributed by atoms with Crippen LogP contribution in [0.4, 0.5) is 5.82 Å². The third-order valence-electron chi connectivity index (χ3n) is 4.24. The van der Waals surface area contributed by atoms with Crippen LogP contribution in [0.2, 0.25) is 0 Å². The first-order valence-corrected chi connectivity index (χ1v) is 7.59. The maximum atomic E-state index is 12.4. The Balaban J connectivity index is 1.60. The molecule has 0 spiro atoms. The summed E-state index contributed by atoms with van der Waals surface area (Å²) >= 11 is 0. The smallest absolute Gasteiger partial charge is 0.253 e. The fourth-order valence-corrected chi connectivity index (χ4v) is 2.88. The number of nitrogens with zero attached hydrogens (tertiary/aromatic N) is 4. The molecule has 1 aliphatic heterocycles. The summed E-state index contributed by atoms with van der Waals surface area (Å²) in [5.41, 5.74) is 0.714. The Morgan fingerprint density at radius 3 is 2.50 bits per heavy atom. The Labute approximate surface area is 130 Å². The predicted octanol–water partition coefficient (Wildman–Crippen LogP) is 2.22. The van der Waals surface area contributed by atoms with Crippen LogP contribution in [0.3, 0.4) is 0 Å². The second-order valence-corrected chi connectivity index (χ2v) is 5.56. The number of anilines is 1. The van der Waals surface area contributed by atoms with Crippen LogP contribution in [-0.2, 0) is 0 Å². The van der Waals surface area contributed by atoms with Gasteiger partial charge in [0.2, 0.25) is 0 Å². The zero-order chi connectivity index (χ0) is 15.4. The summed E-state index contributed by atoms with van der Waals surface area (Å²) in [7, 11) is 2.08. The van der Waals surface area contributed by atoms with E-state index in [1.807, 2.05) is 29.3 Å². The van der Waals surface area contributed by atoms with Gasteiger partial charge in [-0.15, -0.1) is 0 Å². The molecule has 5 heteroatoms. The molecule has 1 amide bonds. The molecule has 0 atom stereocenters. The van der Waals surface area contributed by atoms with Gasteiger partial charge in [0.05, 0.1) is 0 Å². The molecule has 0 N–H and O–H groups in total. The number of aromatic nitrogens is 2. The first-order chi connectivity index (χ1) is 10.8. The van der Waals surface area contributed by atoms with Crippen molar-refractivity contribution in [1.29, 1.82) is 0 Å². The summed E-state index contributed by atoms with van der Waals surface area (Å²) in [4.78, 5) is 24.9. The molecule has 3 rings (SSSR count). The molecular formula is C17H20N4O. The molecular weight excluding hydrogens is 276 g/mol. The van der Waals surface area contributed by atoms with Gasteiger partial charge in [0.25, 0.3) is 5.91 Å². The number of hydrogen-bond donors (Lipinski definition) is 0. The Kier molecular flexibility index (Phi) is 4.32. The van der Waals surface area contributed by atoms with Crippen LogP contribution in [0.15, 0.2) is 48.9 Å². The van der Waals surface area contributed by atoms with Crippen LogP contribution in [0.25, 0.3) is 0 Å². The van der Waals surface area contributed by atoms with Crippen LogP contribution in [0, 0.1) is 0 Å². The molecule has 0 saturated carbocycles. The van der Waals surface area contributed by atoms with Gasteiger partial charge in [-0.3, -0.25) is 9.78 Å². The van der Waals surface area contributed by atoms with Crippen molar-refractivity contribution in [2.24, 2.45) is 0 Å². The fourth-order valence-electron chi connectivity index (χ4n) is 2.88. The summed E-state index contributed by atoms with van der Waals surface area (Å²) in [5.74, 6) is 1.09. The zero-order valence-electron chi connectivity index (χ0n) is 12.7. The van der Waals surface area contributed by atoms with E-state index in [-0.39, 0.29) is 5.91 Å². The van der Waals surface area contributed by atoms with E-state index < -0.39 is 0 Å². The maximum absolute atomic E-state index is 12.4. The fraction of sp³-hybridized carbons (Fsp3) is 0.353. The van der Waals surface area contributed by atoms with E-state index in [0.717, 1.165) is 31.7 Å². The minimum absolute atomic E-state index is 0.0985. The lowest BCUT2D eigenvalue weighted by Gasteiger charge is -2.37. The van der Waals surface area contributed by atoms with Crippen molar-refractivity contribution in [2.75, 3.05) is 25.0 Å². The maximum Gasteiger partial charge on any atom is 0.253 e. The average Bonchev–Trinajstić information content (AvgIpc) is 2.62. The third kappa shape index (κ3) is 3.08. The first-order valence-electron chi connectivity index (χ1n) is 7.59. The van der Waals surface area contributed by atoms with Gasteiger partial charge in [-0.05, 0) is 37.1 Å². The van der Waals surface area contributed by atoms with Crippen LogP contribution in [0.5, 0.6) is 0 Å². The molecule has 114 valence electrons. The molecule has 22 heavy (non-hydrogen) atoms. The Morgan fingerprint density at radius 1 is 1.14 bits per heavy atom. The molecule has 5 nitrogen and oxygen atoms in total. The van der Waals surface area contributed by atoms with Gasteiger partial charge in [-0.2, -0.15) is 0 Å². The largest absolute Gasteiger partial charge is 0.357 e. The van der Waals surface area contributed by atoms with Gasteiger partial charge in [-0.25, -0.2) is 4.98 Å². The van der Waals surface area contributed by atoms with Crippen molar-refractivity contribution in [3.63, 3.8) is 0 Å². The number of pyridine rings is 2. The standard InChI is InChI=1S/C17H20N4O/c1-20(16-4-2-3-9-19-16)15-7-12-21(13-8-15)17(22)14-5-10-18-11-6-14/h2-6,9-11,15H,7-8,12-13H2,1H3. The summed E-state index contributed by atoms with van der Waals surface area (Å²) in [6.07, 6.45) is 7.06. The molecule has 3 heterocycles. The molecule has 0 aliphatic carbocycles. The highest BCUT2D eigenvalue weighted by atomic mass is 16.2. The van der Waals surface area contributed by atoms with E-state index in [0.29, 0.717) is 11.6 Å². The van der Waals surface area contributed by atoms with Gasteiger partial charge in [0.1, 0.15) is 5.82 Å². The number of carbonyl (C=O) groups excluding carboxylic acids is 1. The van der Waals surface area contributed by atoms with Crippen molar-refractivity contribution >= 4 is 11.7 Å². The molecule has 2 aromatic rings. The number of hydrogen-bond acceptors (Lipinski definition) is 4. The highest BCUT2D eigenvalue weighted by Gasteiger charge is 2.26. The summed E-state index contributed by atoms with van der Waals surface area (Å²) in [5, 5.41) is 0. The highest BCUT2D eigenvalue weighted by Crippen LogP contribution is 2.21. The number of likely N-dealkylation sites (tertiary alicyclic amines) is 1. The summed E-state index contributed by atoms with van der Waals surface area (Å²) < 4.78 is 0. The van der Waals surface area contributed by atoms with Crippen molar-refractivity contribution in [2.45, 2.75) is 18.9 Å². The third-order valence-corrected chi connectivity index (χ3v) is 4.24. The van der Waals surface area contributed by atoms with E-state index in [2.05, 4.69) is 21.9 Å². The van der Waals surface area contributed by atoms with Crippen LogP contribution in [0.1, 0.15) is 23.2 Å². The van der Waals surface area contributed by atoms with E-state index in [1.165, 1.54) is 0 Å². The minimum Gasteiger partial charge on any atom is -0.357 e. The lowest BCUT2D eigenvalue weighted by Crippen LogP contribution is -2.45. The van der Waals surface area contributed by atoms with E-state index >= 15 is 0 Å². The topological polar surface area (TPSA) is 49.3 Å². The molecule has 0 bridgehead atoms. The normalized spacial score (nSPS) is 15.6. The van der Waals surface area contributed by atoms with Gasteiger partial charge >= 0.3 is 0 Å². The molecule has 0 unspecified atom stereocenters. The zero-order valence-corrected chi connectivity index (χ0v) is 12.7. The van der Waals surface area contributed by atoms with E-state index in [9.17, 15) is 4.79 Å². The van der Waals surface area contributed by atoms with Crippen molar-refractivity contribution in [1.82, 2.24) is 14.9 Å². The van der Waals surface area contributed by atoms with Gasteiger partial charge in [-0.1, -0.05) is 6.07 Å². The molecule has 0 radical (unpaired) electrons. The SMILES string of the molecule is CN(c1ccccn1)C1CCN(C(=O)c2ccncc2)CC1. The predicted molar refractivity (Wildman–Crippen MR) is 85.8 cm³/mol. The Morgan fingerprint density at radius 2 is 1.86 bits per heavy atom. The van der Waals surface area contributed by atoms with Crippen molar-refractivity contribution in [3.8, 4) is 0 Å². The number of carbonyl (C=O) groups is 1. The lowest BCUT2D eigenvalue weighted by atomic mass is 10.0. The second-order valence-electron chi connectivity index (χ2n) is 5.56. The summed E-state index contributed by atoms with van der Waals surface area (Å²) in [6.45, 7) is 1.56. The monoisotopic (exact) mass is 296 g/mol.